The van der Waals surface area contributed by atoms with Crippen LogP contribution in [-0.2, 0) is 11.3 Å². The third-order valence-corrected chi connectivity index (χ3v) is 4.31. The molecule has 6 heteroatoms. The van der Waals surface area contributed by atoms with Crippen LogP contribution in [0.1, 0.15) is 38.3 Å². The zero-order chi connectivity index (χ0) is 15.5. The molecule has 1 aliphatic rings. The topological polar surface area (TPSA) is 63.9 Å². The SMILES string of the molecule is CCn1nccc1-c1nccnc1C1CCN(C(C)=O)CC1. The van der Waals surface area contributed by atoms with E-state index in [0.717, 1.165) is 49.6 Å². The van der Waals surface area contributed by atoms with Crippen LogP contribution in [0.3, 0.4) is 0 Å². The molecule has 0 bridgehead atoms. The van der Waals surface area contributed by atoms with Crippen LogP contribution in [0, 0.1) is 0 Å². The summed E-state index contributed by atoms with van der Waals surface area (Å²) in [6.07, 6.45) is 7.16. The molecule has 3 rings (SSSR count). The Morgan fingerprint density at radius 2 is 1.95 bits per heavy atom. The number of aryl methyl sites for hydroxylation is 1. The number of carbonyl (C=O) groups is 1. The van der Waals surface area contributed by atoms with Gasteiger partial charge in [0.25, 0.3) is 0 Å². The average molecular weight is 299 g/mol. The molecule has 2 aromatic rings. The zero-order valence-corrected chi connectivity index (χ0v) is 13.1. The second-order valence-corrected chi connectivity index (χ2v) is 5.60. The molecular formula is C16H21N5O. The summed E-state index contributed by atoms with van der Waals surface area (Å²) in [4.78, 5) is 22.5. The van der Waals surface area contributed by atoms with Gasteiger partial charge in [-0.2, -0.15) is 5.10 Å². The summed E-state index contributed by atoms with van der Waals surface area (Å²) in [7, 11) is 0. The van der Waals surface area contributed by atoms with Crippen LogP contribution in [0.4, 0.5) is 0 Å². The first-order valence-electron chi connectivity index (χ1n) is 7.79. The van der Waals surface area contributed by atoms with E-state index in [4.69, 9.17) is 0 Å². The lowest BCUT2D eigenvalue weighted by Gasteiger charge is -2.31. The lowest BCUT2D eigenvalue weighted by Crippen LogP contribution is -2.36. The van der Waals surface area contributed by atoms with Crippen molar-refractivity contribution < 1.29 is 4.79 Å². The monoisotopic (exact) mass is 299 g/mol. The predicted octanol–water partition coefficient (Wildman–Crippen LogP) is 2.09. The van der Waals surface area contributed by atoms with Crippen molar-refractivity contribution >= 4 is 5.91 Å². The molecule has 1 amide bonds. The predicted molar refractivity (Wildman–Crippen MR) is 83.2 cm³/mol. The Labute approximate surface area is 130 Å². The zero-order valence-electron chi connectivity index (χ0n) is 13.1. The summed E-state index contributed by atoms with van der Waals surface area (Å²) in [5, 5.41) is 4.33. The highest BCUT2D eigenvalue weighted by Gasteiger charge is 2.26. The quantitative estimate of drug-likeness (QED) is 0.870. The Kier molecular flexibility index (Phi) is 4.18. The largest absolute Gasteiger partial charge is 0.343 e. The van der Waals surface area contributed by atoms with Gasteiger partial charge in [0.2, 0.25) is 5.91 Å². The van der Waals surface area contributed by atoms with Gasteiger partial charge in [-0.3, -0.25) is 19.4 Å². The van der Waals surface area contributed by atoms with Crippen LogP contribution in [0.2, 0.25) is 0 Å². The molecule has 1 saturated heterocycles. The number of rotatable bonds is 3. The molecule has 0 N–H and O–H groups in total. The van der Waals surface area contributed by atoms with Gasteiger partial charge >= 0.3 is 0 Å². The first kappa shape index (κ1) is 14.7. The minimum atomic E-state index is 0.155. The Bertz CT molecular complexity index is 658. The Morgan fingerprint density at radius 3 is 2.64 bits per heavy atom. The Morgan fingerprint density at radius 1 is 1.23 bits per heavy atom. The van der Waals surface area contributed by atoms with Crippen molar-refractivity contribution in [3.63, 3.8) is 0 Å². The van der Waals surface area contributed by atoms with E-state index < -0.39 is 0 Å². The van der Waals surface area contributed by atoms with Gasteiger partial charge in [-0.1, -0.05) is 0 Å². The number of carbonyl (C=O) groups excluding carboxylic acids is 1. The third kappa shape index (κ3) is 2.73. The minimum absolute atomic E-state index is 0.155. The summed E-state index contributed by atoms with van der Waals surface area (Å²) < 4.78 is 1.94. The van der Waals surface area contributed by atoms with E-state index in [9.17, 15) is 4.79 Å². The Balaban J connectivity index is 1.88. The fraction of sp³-hybridized carbons (Fsp3) is 0.500. The van der Waals surface area contributed by atoms with E-state index in [0.29, 0.717) is 5.92 Å². The third-order valence-electron chi connectivity index (χ3n) is 4.31. The summed E-state index contributed by atoms with van der Waals surface area (Å²) in [5.74, 6) is 0.501. The number of likely N-dealkylation sites (tertiary alicyclic amines) is 1. The maximum atomic E-state index is 11.5. The maximum absolute atomic E-state index is 11.5. The first-order chi connectivity index (χ1) is 10.7. The molecule has 1 fully saturated rings. The molecule has 0 saturated carbocycles. The molecule has 116 valence electrons. The summed E-state index contributed by atoms with van der Waals surface area (Å²) in [5.41, 5.74) is 2.96. The van der Waals surface area contributed by atoms with Crippen molar-refractivity contribution in [2.24, 2.45) is 0 Å². The van der Waals surface area contributed by atoms with Crippen LogP contribution in [0.5, 0.6) is 0 Å². The molecule has 0 unspecified atom stereocenters. The van der Waals surface area contributed by atoms with Crippen LogP contribution in [0.25, 0.3) is 11.4 Å². The number of aromatic nitrogens is 4. The van der Waals surface area contributed by atoms with Crippen LogP contribution >= 0.6 is 0 Å². The normalized spacial score (nSPS) is 16.0. The van der Waals surface area contributed by atoms with Crippen LogP contribution in [-0.4, -0.2) is 43.6 Å². The highest BCUT2D eigenvalue weighted by Crippen LogP contribution is 2.32. The van der Waals surface area contributed by atoms with Crippen molar-refractivity contribution in [2.45, 2.75) is 39.2 Å². The number of hydrogen-bond acceptors (Lipinski definition) is 4. The van der Waals surface area contributed by atoms with E-state index in [1.165, 1.54) is 0 Å². The molecule has 1 aliphatic heterocycles. The van der Waals surface area contributed by atoms with E-state index in [-0.39, 0.29) is 5.91 Å². The van der Waals surface area contributed by atoms with Crippen molar-refractivity contribution in [3.05, 3.63) is 30.4 Å². The molecule has 6 nitrogen and oxygen atoms in total. The van der Waals surface area contributed by atoms with E-state index >= 15 is 0 Å². The maximum Gasteiger partial charge on any atom is 0.219 e. The van der Waals surface area contributed by atoms with Crippen molar-refractivity contribution in [3.8, 4) is 11.4 Å². The lowest BCUT2D eigenvalue weighted by molar-refractivity contribution is -0.129. The van der Waals surface area contributed by atoms with Crippen LogP contribution < -0.4 is 0 Å². The smallest absolute Gasteiger partial charge is 0.219 e. The van der Waals surface area contributed by atoms with Crippen LogP contribution in [0.15, 0.2) is 24.7 Å². The summed E-state index contributed by atoms with van der Waals surface area (Å²) in [6, 6.07) is 1.99. The lowest BCUT2D eigenvalue weighted by atomic mass is 9.91. The van der Waals surface area contributed by atoms with E-state index in [1.54, 1.807) is 25.5 Å². The Hall–Kier alpha value is -2.24. The molecule has 0 radical (unpaired) electrons. The van der Waals surface area contributed by atoms with Crippen molar-refractivity contribution in [1.29, 1.82) is 0 Å². The van der Waals surface area contributed by atoms with Gasteiger partial charge < -0.3 is 4.90 Å². The number of amides is 1. The second kappa shape index (κ2) is 6.25. The summed E-state index contributed by atoms with van der Waals surface area (Å²) in [6.45, 7) is 6.10. The molecule has 2 aromatic heterocycles. The van der Waals surface area contributed by atoms with E-state index in [2.05, 4.69) is 22.0 Å². The molecule has 0 spiro atoms. The molecule has 22 heavy (non-hydrogen) atoms. The highest BCUT2D eigenvalue weighted by molar-refractivity contribution is 5.73. The molecule has 0 aromatic carbocycles. The standard InChI is InChI=1S/C16H21N5O/c1-3-21-14(4-7-19-21)16-15(17-8-9-18-16)13-5-10-20(11-6-13)12(2)22/h4,7-9,13H,3,5-6,10-11H2,1-2H3. The minimum Gasteiger partial charge on any atom is -0.343 e. The number of nitrogens with zero attached hydrogens (tertiary/aromatic N) is 5. The second-order valence-electron chi connectivity index (χ2n) is 5.60. The number of hydrogen-bond donors (Lipinski definition) is 0. The fourth-order valence-electron chi connectivity index (χ4n) is 3.10. The van der Waals surface area contributed by atoms with Gasteiger partial charge in [-0.05, 0) is 25.8 Å². The average Bonchev–Trinajstić information content (AvgIpc) is 3.03. The fourth-order valence-corrected chi connectivity index (χ4v) is 3.10. The van der Waals surface area contributed by atoms with Gasteiger partial charge in [-0.25, -0.2) is 0 Å². The van der Waals surface area contributed by atoms with Gasteiger partial charge in [0, 0.05) is 51.1 Å². The molecule has 0 atom stereocenters. The highest BCUT2D eigenvalue weighted by atomic mass is 16.2. The van der Waals surface area contributed by atoms with E-state index in [1.807, 2.05) is 15.6 Å². The van der Waals surface area contributed by atoms with Gasteiger partial charge in [0.05, 0.1) is 11.4 Å². The van der Waals surface area contributed by atoms with Crippen molar-refractivity contribution in [2.75, 3.05) is 13.1 Å². The molecule has 3 heterocycles. The molecule has 0 aliphatic carbocycles. The first-order valence-corrected chi connectivity index (χ1v) is 7.79. The molecular weight excluding hydrogens is 278 g/mol. The summed E-state index contributed by atoms with van der Waals surface area (Å²) >= 11 is 0. The van der Waals surface area contributed by atoms with Gasteiger partial charge in [0.1, 0.15) is 5.69 Å². The van der Waals surface area contributed by atoms with Crippen molar-refractivity contribution in [1.82, 2.24) is 24.6 Å². The number of piperidine rings is 1. The van der Waals surface area contributed by atoms with Gasteiger partial charge in [-0.15, -0.1) is 0 Å². The van der Waals surface area contributed by atoms with Gasteiger partial charge in [0.15, 0.2) is 0 Å².